The van der Waals surface area contributed by atoms with Gasteiger partial charge < -0.3 is 0 Å². The van der Waals surface area contributed by atoms with E-state index in [1.54, 1.807) is 0 Å². The van der Waals surface area contributed by atoms with Gasteiger partial charge in [-0.1, -0.05) is 133 Å². The van der Waals surface area contributed by atoms with E-state index in [-0.39, 0.29) is 0 Å². The first kappa shape index (κ1) is 29.1. The lowest BCUT2D eigenvalue weighted by Gasteiger charge is -2.15. The Balaban J connectivity index is -0.0000000973. The Morgan fingerprint density at radius 1 is 0.619 bits per heavy atom. The molecule has 0 spiro atoms. The van der Waals surface area contributed by atoms with E-state index in [0.717, 1.165) is 5.92 Å². The van der Waals surface area contributed by atoms with Crippen molar-refractivity contribution in [1.29, 1.82) is 0 Å². The van der Waals surface area contributed by atoms with Gasteiger partial charge in [0.25, 0.3) is 0 Å². The first-order chi connectivity index (χ1) is 10.2. The number of unbranched alkanes of at least 4 members (excludes halogenated alkanes) is 4. The molecule has 0 N–H and O–H groups in total. The van der Waals surface area contributed by atoms with Gasteiger partial charge in [-0.25, -0.2) is 0 Å². The van der Waals surface area contributed by atoms with Gasteiger partial charge in [-0.15, -0.1) is 0 Å². The van der Waals surface area contributed by atoms with Crippen LogP contribution in [-0.4, -0.2) is 0 Å². The summed E-state index contributed by atoms with van der Waals surface area (Å²) in [5.41, 5.74) is 0. The lowest BCUT2D eigenvalue weighted by molar-refractivity contribution is 0.385. The molecule has 0 nitrogen and oxygen atoms in total. The van der Waals surface area contributed by atoms with E-state index in [1.807, 2.05) is 27.7 Å². The molecule has 0 saturated heterocycles. The minimum absolute atomic E-state index is 1.04. The minimum Gasteiger partial charge on any atom is -0.0683 e. The van der Waals surface area contributed by atoms with E-state index in [1.165, 1.54) is 70.6 Å². The van der Waals surface area contributed by atoms with Gasteiger partial charge >= 0.3 is 0 Å². The van der Waals surface area contributed by atoms with Crippen LogP contribution in [0.15, 0.2) is 0 Å². The van der Waals surface area contributed by atoms with E-state index < -0.39 is 0 Å². The standard InChI is InChI=1S/C7H14.C7H16.C3H8.2C2H6/c1-7-5-3-2-4-6-7;1-3-5-7-6-4-2;1-3-2;2*1-2/h7H,2-6H2,1H3;3-7H2,1-2H3;3H2,1-2H3;2*1-2H3. The maximum atomic E-state index is 2.36. The Morgan fingerprint density at radius 3 is 1.14 bits per heavy atom. The molecule has 1 aliphatic carbocycles. The van der Waals surface area contributed by atoms with Crippen molar-refractivity contribution in [2.75, 3.05) is 0 Å². The monoisotopic (exact) mass is 302 g/mol. The SMILES string of the molecule is CC.CC.CC1CCCCC1.CCC.CCCCCCC. The summed E-state index contributed by atoms with van der Waals surface area (Å²) >= 11 is 0. The fraction of sp³-hybridized carbons (Fsp3) is 1.00. The molecule has 0 amide bonds. The molecular weight excluding hydrogens is 252 g/mol. The Kier molecular flexibility index (Phi) is 51.0. The molecule has 0 aliphatic heterocycles. The van der Waals surface area contributed by atoms with Crippen molar-refractivity contribution in [2.45, 2.75) is 133 Å². The molecule has 21 heavy (non-hydrogen) atoms. The lowest BCUT2D eigenvalue weighted by atomic mass is 9.91. The normalized spacial score (nSPS) is 13.0. The van der Waals surface area contributed by atoms with Crippen LogP contribution in [0.25, 0.3) is 0 Å². The second kappa shape index (κ2) is 36.8. The van der Waals surface area contributed by atoms with Gasteiger partial charge in [0.05, 0.1) is 0 Å². The second-order valence-electron chi connectivity index (χ2n) is 5.51. The van der Waals surface area contributed by atoms with Gasteiger partial charge in [0.2, 0.25) is 0 Å². The number of rotatable bonds is 4. The fourth-order valence-electron chi connectivity index (χ4n) is 1.98. The Morgan fingerprint density at radius 2 is 0.952 bits per heavy atom. The Labute approximate surface area is 139 Å². The van der Waals surface area contributed by atoms with Crippen molar-refractivity contribution < 1.29 is 0 Å². The van der Waals surface area contributed by atoms with Crippen molar-refractivity contribution in [1.82, 2.24) is 0 Å². The average molecular weight is 303 g/mol. The third-order valence-corrected chi connectivity index (χ3v) is 3.10. The molecule has 1 fully saturated rings. The largest absolute Gasteiger partial charge is 0.0683 e. The van der Waals surface area contributed by atoms with E-state index in [4.69, 9.17) is 0 Å². The summed E-state index contributed by atoms with van der Waals surface area (Å²) in [4.78, 5) is 0. The predicted molar refractivity (Wildman–Crippen MR) is 105 cm³/mol. The molecule has 0 unspecified atom stereocenters. The van der Waals surface area contributed by atoms with Crippen LogP contribution in [0.1, 0.15) is 133 Å². The van der Waals surface area contributed by atoms with Gasteiger partial charge in [-0.3, -0.25) is 0 Å². The van der Waals surface area contributed by atoms with Crippen LogP contribution in [0.4, 0.5) is 0 Å². The molecule has 0 aromatic carbocycles. The third-order valence-electron chi connectivity index (χ3n) is 3.10. The highest BCUT2D eigenvalue weighted by molar-refractivity contribution is 4.59. The van der Waals surface area contributed by atoms with Crippen LogP contribution in [0, 0.1) is 5.92 Å². The first-order valence-corrected chi connectivity index (χ1v) is 10.2. The molecule has 134 valence electrons. The summed E-state index contributed by atoms with van der Waals surface area (Å²) < 4.78 is 0. The maximum Gasteiger partial charge on any atom is -0.0443 e. The third kappa shape index (κ3) is 45.0. The molecule has 0 aromatic rings. The van der Waals surface area contributed by atoms with Crippen molar-refractivity contribution in [3.05, 3.63) is 0 Å². The second-order valence-corrected chi connectivity index (χ2v) is 5.51. The molecule has 0 aromatic heterocycles. The molecule has 1 rings (SSSR count). The molecule has 0 radical (unpaired) electrons. The molecule has 0 atom stereocenters. The van der Waals surface area contributed by atoms with Crippen molar-refractivity contribution in [2.24, 2.45) is 5.92 Å². The summed E-state index contributed by atoms with van der Waals surface area (Å²) in [5.74, 6) is 1.04. The quantitative estimate of drug-likeness (QED) is 0.454. The van der Waals surface area contributed by atoms with Gasteiger partial charge in [0, 0.05) is 0 Å². The molecule has 1 saturated carbocycles. The van der Waals surface area contributed by atoms with Crippen LogP contribution in [0.3, 0.4) is 0 Å². The zero-order valence-corrected chi connectivity index (χ0v) is 17.4. The smallest absolute Gasteiger partial charge is 0.0443 e. The topological polar surface area (TPSA) is 0 Å². The van der Waals surface area contributed by atoms with Crippen LogP contribution in [0.5, 0.6) is 0 Å². The van der Waals surface area contributed by atoms with Gasteiger partial charge in [-0.2, -0.15) is 0 Å². The van der Waals surface area contributed by atoms with Crippen molar-refractivity contribution >= 4 is 0 Å². The highest BCUT2D eigenvalue weighted by atomic mass is 14.1. The number of hydrogen-bond donors (Lipinski definition) is 0. The van der Waals surface area contributed by atoms with Gasteiger partial charge in [0.15, 0.2) is 0 Å². The van der Waals surface area contributed by atoms with Crippen LogP contribution < -0.4 is 0 Å². The van der Waals surface area contributed by atoms with Crippen LogP contribution in [0.2, 0.25) is 0 Å². The molecule has 1 aliphatic rings. The summed E-state index contributed by atoms with van der Waals surface area (Å²) in [7, 11) is 0. The zero-order valence-electron chi connectivity index (χ0n) is 17.4. The highest BCUT2D eigenvalue weighted by Gasteiger charge is 2.05. The summed E-state index contributed by atoms with van der Waals surface area (Å²) in [6.45, 7) is 19.1. The van der Waals surface area contributed by atoms with E-state index >= 15 is 0 Å². The highest BCUT2D eigenvalue weighted by Crippen LogP contribution is 2.22. The zero-order chi connectivity index (χ0) is 17.4. The first-order valence-electron chi connectivity index (χ1n) is 10.2. The fourth-order valence-corrected chi connectivity index (χ4v) is 1.98. The molecule has 0 heteroatoms. The molecular formula is C21H50. The van der Waals surface area contributed by atoms with Crippen LogP contribution in [-0.2, 0) is 0 Å². The van der Waals surface area contributed by atoms with Crippen molar-refractivity contribution in [3.63, 3.8) is 0 Å². The molecule has 0 heterocycles. The average Bonchev–Trinajstić information content (AvgIpc) is 2.54. The summed E-state index contributed by atoms with van der Waals surface area (Å²) in [6, 6.07) is 0. The summed E-state index contributed by atoms with van der Waals surface area (Å²) in [6.07, 6.45) is 15.7. The van der Waals surface area contributed by atoms with E-state index in [9.17, 15) is 0 Å². The van der Waals surface area contributed by atoms with Gasteiger partial charge in [-0.05, 0) is 5.92 Å². The minimum atomic E-state index is 1.04. The van der Waals surface area contributed by atoms with E-state index in [2.05, 4.69) is 34.6 Å². The molecule has 0 bridgehead atoms. The maximum absolute atomic E-state index is 2.36. The summed E-state index contributed by atoms with van der Waals surface area (Å²) in [5, 5.41) is 0. The predicted octanol–water partition coefficient (Wildman–Crippen LogP) is 9.03. The van der Waals surface area contributed by atoms with Crippen molar-refractivity contribution in [3.8, 4) is 0 Å². The van der Waals surface area contributed by atoms with Crippen LogP contribution >= 0.6 is 0 Å². The number of hydrogen-bond acceptors (Lipinski definition) is 0. The lowest BCUT2D eigenvalue weighted by Crippen LogP contribution is -1.99. The Hall–Kier alpha value is 0. The Bertz CT molecular complexity index is 96.6. The van der Waals surface area contributed by atoms with Gasteiger partial charge in [0.1, 0.15) is 0 Å². The van der Waals surface area contributed by atoms with E-state index in [0.29, 0.717) is 0 Å².